The molecule has 1 amide bonds. The Kier molecular flexibility index (Phi) is 6.37. The summed E-state index contributed by atoms with van der Waals surface area (Å²) >= 11 is 6.18. The summed E-state index contributed by atoms with van der Waals surface area (Å²) in [7, 11) is -3.77. The highest BCUT2D eigenvalue weighted by molar-refractivity contribution is 7.89. The lowest BCUT2D eigenvalue weighted by molar-refractivity contribution is 0.102. The first-order valence-corrected chi connectivity index (χ1v) is 10.8. The van der Waals surface area contributed by atoms with E-state index in [9.17, 15) is 13.2 Å². The SMILES string of the molecule is Cc1ccc(NC(=O)c2cc(S(=O)(=O)NCc3ccccc3)ccc2C)c(Cl)c1. The molecule has 0 bridgehead atoms. The van der Waals surface area contributed by atoms with Gasteiger partial charge >= 0.3 is 0 Å². The van der Waals surface area contributed by atoms with Crippen LogP contribution < -0.4 is 10.0 Å². The second-order valence-electron chi connectivity index (χ2n) is 6.72. The van der Waals surface area contributed by atoms with Gasteiger partial charge in [0.2, 0.25) is 10.0 Å². The monoisotopic (exact) mass is 428 g/mol. The molecule has 0 unspecified atom stereocenters. The van der Waals surface area contributed by atoms with E-state index in [0.717, 1.165) is 11.1 Å². The van der Waals surface area contributed by atoms with Crippen LogP contribution in [0.3, 0.4) is 0 Å². The maximum atomic E-state index is 12.7. The normalized spacial score (nSPS) is 11.3. The van der Waals surface area contributed by atoms with Gasteiger partial charge in [0.15, 0.2) is 0 Å². The van der Waals surface area contributed by atoms with Crippen LogP contribution in [0.25, 0.3) is 0 Å². The second kappa shape index (κ2) is 8.78. The topological polar surface area (TPSA) is 75.3 Å². The van der Waals surface area contributed by atoms with Gasteiger partial charge < -0.3 is 5.32 Å². The molecule has 5 nitrogen and oxygen atoms in total. The number of anilines is 1. The number of halogens is 1. The first-order valence-electron chi connectivity index (χ1n) is 8.98. The van der Waals surface area contributed by atoms with Crippen LogP contribution in [0.2, 0.25) is 5.02 Å². The lowest BCUT2D eigenvalue weighted by Crippen LogP contribution is -2.24. The smallest absolute Gasteiger partial charge is 0.256 e. The quantitative estimate of drug-likeness (QED) is 0.598. The number of rotatable bonds is 6. The first kappa shape index (κ1) is 21.0. The molecule has 3 aromatic rings. The number of nitrogens with one attached hydrogen (secondary N) is 2. The molecule has 0 fully saturated rings. The van der Waals surface area contributed by atoms with Gasteiger partial charge in [-0.25, -0.2) is 13.1 Å². The molecule has 0 saturated carbocycles. The predicted molar refractivity (Wildman–Crippen MR) is 116 cm³/mol. The summed E-state index contributed by atoms with van der Waals surface area (Å²) in [5.74, 6) is -0.423. The summed E-state index contributed by atoms with van der Waals surface area (Å²) in [5, 5.41) is 3.17. The Labute approximate surface area is 175 Å². The molecule has 7 heteroatoms. The zero-order valence-electron chi connectivity index (χ0n) is 16.1. The molecule has 3 rings (SSSR count). The van der Waals surface area contributed by atoms with Crippen LogP contribution in [0.5, 0.6) is 0 Å². The molecule has 29 heavy (non-hydrogen) atoms. The minimum Gasteiger partial charge on any atom is -0.321 e. The molecule has 0 aromatic heterocycles. The Hall–Kier alpha value is -2.67. The van der Waals surface area contributed by atoms with E-state index < -0.39 is 15.9 Å². The zero-order chi connectivity index (χ0) is 21.0. The van der Waals surface area contributed by atoms with E-state index in [1.165, 1.54) is 12.1 Å². The molecule has 0 radical (unpaired) electrons. The highest BCUT2D eigenvalue weighted by atomic mass is 35.5. The van der Waals surface area contributed by atoms with Crippen LogP contribution in [0, 0.1) is 13.8 Å². The van der Waals surface area contributed by atoms with Gasteiger partial charge in [-0.1, -0.05) is 54.1 Å². The van der Waals surface area contributed by atoms with Crippen molar-refractivity contribution >= 4 is 33.2 Å². The zero-order valence-corrected chi connectivity index (χ0v) is 17.6. The standard InChI is InChI=1S/C22H21ClN2O3S/c1-15-8-11-21(20(23)12-15)25-22(26)19-13-18(10-9-16(19)2)29(27,28)24-14-17-6-4-3-5-7-17/h3-13,24H,14H2,1-2H3,(H,25,26). The Morgan fingerprint density at radius 2 is 1.69 bits per heavy atom. The number of sulfonamides is 1. The van der Waals surface area contributed by atoms with Crippen molar-refractivity contribution in [3.05, 3.63) is 94.0 Å². The van der Waals surface area contributed by atoms with Crippen LogP contribution in [0.1, 0.15) is 27.0 Å². The molecule has 0 spiro atoms. The van der Waals surface area contributed by atoms with Crippen molar-refractivity contribution < 1.29 is 13.2 Å². The van der Waals surface area contributed by atoms with Crippen LogP contribution in [-0.2, 0) is 16.6 Å². The third-order valence-electron chi connectivity index (χ3n) is 4.45. The number of carbonyl (C=O) groups is 1. The van der Waals surface area contributed by atoms with Crippen LogP contribution in [0.4, 0.5) is 5.69 Å². The Morgan fingerprint density at radius 3 is 2.38 bits per heavy atom. The first-order chi connectivity index (χ1) is 13.8. The predicted octanol–water partition coefficient (Wildman–Crippen LogP) is 4.69. The van der Waals surface area contributed by atoms with Crippen molar-refractivity contribution in [2.24, 2.45) is 0 Å². The van der Waals surface area contributed by atoms with E-state index in [0.29, 0.717) is 16.3 Å². The molecule has 2 N–H and O–H groups in total. The fourth-order valence-corrected chi connectivity index (χ4v) is 4.11. The highest BCUT2D eigenvalue weighted by Crippen LogP contribution is 2.24. The molecule has 0 aliphatic rings. The van der Waals surface area contributed by atoms with Gasteiger partial charge in [-0.2, -0.15) is 0 Å². The lowest BCUT2D eigenvalue weighted by atomic mass is 10.1. The van der Waals surface area contributed by atoms with Crippen LogP contribution in [0.15, 0.2) is 71.6 Å². The lowest BCUT2D eigenvalue weighted by Gasteiger charge is -2.12. The highest BCUT2D eigenvalue weighted by Gasteiger charge is 2.18. The van der Waals surface area contributed by atoms with Crippen molar-refractivity contribution in [1.29, 1.82) is 0 Å². The fraction of sp³-hybridized carbons (Fsp3) is 0.136. The van der Waals surface area contributed by atoms with E-state index in [1.807, 2.05) is 43.3 Å². The fourth-order valence-electron chi connectivity index (χ4n) is 2.78. The molecule has 0 heterocycles. The maximum absolute atomic E-state index is 12.7. The average molecular weight is 429 g/mol. The number of aryl methyl sites for hydroxylation is 2. The van der Waals surface area contributed by atoms with Crippen molar-refractivity contribution in [1.82, 2.24) is 4.72 Å². The van der Waals surface area contributed by atoms with Gasteiger partial charge in [0.25, 0.3) is 5.91 Å². The van der Waals surface area contributed by atoms with Crippen LogP contribution >= 0.6 is 11.6 Å². The van der Waals surface area contributed by atoms with E-state index in [4.69, 9.17) is 11.6 Å². The molecule has 150 valence electrons. The summed E-state index contributed by atoms with van der Waals surface area (Å²) < 4.78 is 27.9. The largest absolute Gasteiger partial charge is 0.321 e. The van der Waals surface area contributed by atoms with Crippen molar-refractivity contribution in [2.75, 3.05) is 5.32 Å². The summed E-state index contributed by atoms with van der Waals surface area (Å²) in [6.07, 6.45) is 0. The summed E-state index contributed by atoms with van der Waals surface area (Å²) in [4.78, 5) is 12.8. The molecule has 0 aliphatic heterocycles. The van der Waals surface area contributed by atoms with Gasteiger partial charge in [-0.3, -0.25) is 4.79 Å². The Balaban J connectivity index is 1.82. The van der Waals surface area contributed by atoms with Gasteiger partial charge in [-0.05, 0) is 54.8 Å². The summed E-state index contributed by atoms with van der Waals surface area (Å²) in [6.45, 7) is 3.81. The minimum atomic E-state index is -3.77. The maximum Gasteiger partial charge on any atom is 0.256 e. The number of hydrogen-bond acceptors (Lipinski definition) is 3. The number of amides is 1. The number of carbonyl (C=O) groups excluding carboxylic acids is 1. The summed E-state index contributed by atoms with van der Waals surface area (Å²) in [5.41, 5.74) is 3.21. The average Bonchev–Trinajstić information content (AvgIpc) is 2.69. The van der Waals surface area contributed by atoms with Crippen molar-refractivity contribution in [3.8, 4) is 0 Å². The Morgan fingerprint density at radius 1 is 0.966 bits per heavy atom. The van der Waals surface area contributed by atoms with Gasteiger partial charge in [0.1, 0.15) is 0 Å². The van der Waals surface area contributed by atoms with E-state index >= 15 is 0 Å². The van der Waals surface area contributed by atoms with E-state index in [-0.39, 0.29) is 17.0 Å². The molecule has 0 atom stereocenters. The second-order valence-corrected chi connectivity index (χ2v) is 8.90. The molecule has 0 saturated heterocycles. The number of benzene rings is 3. The minimum absolute atomic E-state index is 0.0270. The third kappa shape index (κ3) is 5.23. The Bertz CT molecular complexity index is 1150. The van der Waals surface area contributed by atoms with Crippen molar-refractivity contribution in [2.45, 2.75) is 25.3 Å². The third-order valence-corrected chi connectivity index (χ3v) is 6.16. The van der Waals surface area contributed by atoms with Gasteiger partial charge in [-0.15, -0.1) is 0 Å². The molecular formula is C22H21ClN2O3S. The summed E-state index contributed by atoms with van der Waals surface area (Å²) in [6, 6.07) is 19.0. The van der Waals surface area contributed by atoms with Crippen LogP contribution in [-0.4, -0.2) is 14.3 Å². The van der Waals surface area contributed by atoms with Crippen molar-refractivity contribution in [3.63, 3.8) is 0 Å². The van der Waals surface area contributed by atoms with E-state index in [2.05, 4.69) is 10.0 Å². The van der Waals surface area contributed by atoms with E-state index in [1.54, 1.807) is 25.1 Å². The number of hydrogen-bond donors (Lipinski definition) is 2. The molecule has 0 aliphatic carbocycles. The van der Waals surface area contributed by atoms with Gasteiger partial charge in [0.05, 0.1) is 15.6 Å². The van der Waals surface area contributed by atoms with Gasteiger partial charge in [0, 0.05) is 12.1 Å². The molecular weight excluding hydrogens is 408 g/mol. The molecule has 3 aromatic carbocycles.